The van der Waals surface area contributed by atoms with Crippen molar-refractivity contribution >= 4 is 23.7 Å². The van der Waals surface area contributed by atoms with Crippen LogP contribution in [0.4, 0.5) is 5.69 Å². The molecule has 2 rings (SSSR count). The molecule has 1 atom stereocenters. The van der Waals surface area contributed by atoms with Crippen LogP contribution in [0.1, 0.15) is 45.0 Å². The molecule has 1 unspecified atom stereocenters. The van der Waals surface area contributed by atoms with Crippen molar-refractivity contribution < 1.29 is 14.3 Å². The third kappa shape index (κ3) is 3.34. The van der Waals surface area contributed by atoms with Gasteiger partial charge < -0.3 is 14.8 Å². The van der Waals surface area contributed by atoms with Crippen molar-refractivity contribution in [2.75, 3.05) is 5.32 Å². The Morgan fingerprint density at radius 2 is 2.05 bits per heavy atom. The highest BCUT2D eigenvalue weighted by molar-refractivity contribution is 8.01. The van der Waals surface area contributed by atoms with Gasteiger partial charge in [-0.2, -0.15) is 0 Å². The zero-order valence-electron chi connectivity index (χ0n) is 12.5. The molecule has 0 aliphatic carbocycles. The van der Waals surface area contributed by atoms with E-state index in [9.17, 15) is 4.79 Å². The Morgan fingerprint density at radius 3 is 2.60 bits per heavy atom. The molecule has 0 aromatic heterocycles. The van der Waals surface area contributed by atoms with Gasteiger partial charge in [-0.3, -0.25) is 4.79 Å². The predicted molar refractivity (Wildman–Crippen MR) is 81.1 cm³/mol. The molecule has 0 amide bonds. The van der Waals surface area contributed by atoms with Gasteiger partial charge >= 0.3 is 5.24 Å². The lowest BCUT2D eigenvalue weighted by molar-refractivity contribution is -0.217. The van der Waals surface area contributed by atoms with Crippen LogP contribution in [-0.4, -0.2) is 23.2 Å². The number of anilines is 1. The monoisotopic (exact) mass is 295 g/mol. The summed E-state index contributed by atoms with van der Waals surface area (Å²) in [6.45, 7) is 9.85. The molecule has 1 heterocycles. The number of nitrogens with one attached hydrogen (secondary N) is 1. The van der Waals surface area contributed by atoms with Crippen LogP contribution in [0.15, 0.2) is 23.1 Å². The second kappa shape index (κ2) is 5.39. The van der Waals surface area contributed by atoms with Crippen LogP contribution in [0, 0.1) is 0 Å². The number of rotatable bonds is 4. The second-order valence-electron chi connectivity index (χ2n) is 6.01. The van der Waals surface area contributed by atoms with E-state index in [2.05, 4.69) is 5.32 Å². The predicted octanol–water partition coefficient (Wildman–Crippen LogP) is 3.87. The number of hydrogen-bond donors (Lipinski definition) is 1. The summed E-state index contributed by atoms with van der Waals surface area (Å²) >= 11 is 1.40. The quantitative estimate of drug-likeness (QED) is 0.675. The van der Waals surface area contributed by atoms with Gasteiger partial charge in [0.15, 0.2) is 6.29 Å². The van der Waals surface area contributed by atoms with E-state index in [1.807, 2.05) is 46.8 Å². The zero-order chi connectivity index (χ0) is 15.0. The Hall–Kier alpha value is -1.04. The Morgan fingerprint density at radius 1 is 1.35 bits per heavy atom. The van der Waals surface area contributed by atoms with E-state index < -0.39 is 5.24 Å². The number of fused-ring (bicyclic) bond motifs is 1. The third-order valence-corrected chi connectivity index (χ3v) is 3.74. The summed E-state index contributed by atoms with van der Waals surface area (Å²) in [6, 6.07) is 5.56. The van der Waals surface area contributed by atoms with Crippen LogP contribution in [-0.2, 0) is 9.47 Å². The number of thioether (sulfide) groups is 1. The van der Waals surface area contributed by atoms with Crippen molar-refractivity contribution in [3.05, 3.63) is 23.8 Å². The minimum atomic E-state index is -0.992. The number of aldehydes is 1. The smallest absolute Gasteiger partial charge is 0.308 e. The Kier molecular flexibility index (Phi) is 4.14. The molecular formula is C15H21NO3S. The van der Waals surface area contributed by atoms with E-state index in [0.29, 0.717) is 5.56 Å². The summed E-state index contributed by atoms with van der Waals surface area (Å²) in [5.74, 6) is 0. The summed E-state index contributed by atoms with van der Waals surface area (Å²) in [5, 5.41) is 2.28. The van der Waals surface area contributed by atoms with E-state index in [1.165, 1.54) is 11.8 Å². The molecule has 110 valence electrons. The van der Waals surface area contributed by atoms with Gasteiger partial charge in [-0.15, -0.1) is 0 Å². The van der Waals surface area contributed by atoms with Crippen LogP contribution >= 0.6 is 11.8 Å². The summed E-state index contributed by atoms with van der Waals surface area (Å²) in [7, 11) is 0. The van der Waals surface area contributed by atoms with E-state index >= 15 is 0 Å². The maximum absolute atomic E-state index is 11.2. The highest BCUT2D eigenvalue weighted by atomic mass is 32.2. The lowest BCUT2D eigenvalue weighted by Gasteiger charge is -2.36. The molecule has 1 aromatic rings. The fourth-order valence-electron chi connectivity index (χ4n) is 2.02. The maximum Gasteiger partial charge on any atom is 0.308 e. The van der Waals surface area contributed by atoms with Gasteiger partial charge in [0, 0.05) is 10.5 Å². The van der Waals surface area contributed by atoms with Crippen LogP contribution in [0.3, 0.4) is 0 Å². The van der Waals surface area contributed by atoms with Gasteiger partial charge in [-0.05, 0) is 52.4 Å². The van der Waals surface area contributed by atoms with Gasteiger partial charge in [0.1, 0.15) is 0 Å². The number of carbonyl (C=O) groups is 1. The molecule has 1 aliphatic rings. The number of benzene rings is 1. The summed E-state index contributed by atoms with van der Waals surface area (Å²) in [4.78, 5) is 12.0. The molecule has 5 heteroatoms. The van der Waals surface area contributed by atoms with E-state index in [0.717, 1.165) is 16.9 Å². The number of hydrogen-bond acceptors (Lipinski definition) is 5. The molecule has 20 heavy (non-hydrogen) atoms. The Bertz CT molecular complexity index is 510. The van der Waals surface area contributed by atoms with Crippen molar-refractivity contribution in [1.29, 1.82) is 0 Å². The average Bonchev–Trinajstić information content (AvgIpc) is 2.61. The molecule has 4 nitrogen and oxygen atoms in total. The number of carbonyl (C=O) groups excluding carboxylic acids is 1. The summed E-state index contributed by atoms with van der Waals surface area (Å²) in [6.07, 6.45) is 0.849. The van der Waals surface area contributed by atoms with Crippen molar-refractivity contribution in [2.45, 2.75) is 56.5 Å². The Balaban J connectivity index is 2.35. The largest absolute Gasteiger partial charge is 0.324 e. The molecular weight excluding hydrogens is 274 g/mol. The first-order valence-electron chi connectivity index (χ1n) is 6.68. The van der Waals surface area contributed by atoms with Gasteiger partial charge in [-0.1, -0.05) is 12.1 Å². The standard InChI is InChI=1S/C15H21NO3S/c1-10(2)18-15(19-14(3,4)5)16-12-8-6-7-11(9-17)13(12)20-15/h6-10,16H,1-5H3. The third-order valence-electron chi connectivity index (χ3n) is 2.53. The molecule has 0 fully saturated rings. The minimum Gasteiger partial charge on any atom is -0.324 e. The first-order valence-corrected chi connectivity index (χ1v) is 7.50. The molecule has 0 radical (unpaired) electrons. The van der Waals surface area contributed by atoms with Crippen LogP contribution in [0.2, 0.25) is 0 Å². The molecule has 0 spiro atoms. The second-order valence-corrected chi connectivity index (χ2v) is 7.16. The normalized spacial score (nSPS) is 21.7. The first kappa shape index (κ1) is 15.4. The highest BCUT2D eigenvalue weighted by Crippen LogP contribution is 2.49. The van der Waals surface area contributed by atoms with Crippen LogP contribution < -0.4 is 5.32 Å². The molecule has 0 saturated carbocycles. The SMILES string of the molecule is CC(C)OC1(OC(C)(C)C)Nc2cccc(C=O)c2S1. The molecule has 0 bridgehead atoms. The van der Waals surface area contributed by atoms with Crippen LogP contribution in [0.25, 0.3) is 0 Å². The molecule has 1 aromatic carbocycles. The van der Waals surface area contributed by atoms with Gasteiger partial charge in [0.05, 0.1) is 17.4 Å². The lowest BCUT2D eigenvalue weighted by atomic mass is 10.2. The first-order chi connectivity index (χ1) is 9.25. The highest BCUT2D eigenvalue weighted by Gasteiger charge is 2.45. The summed E-state index contributed by atoms with van der Waals surface area (Å²) in [5.41, 5.74) is 1.13. The van der Waals surface area contributed by atoms with Gasteiger partial charge in [-0.25, -0.2) is 0 Å². The average molecular weight is 295 g/mol. The van der Waals surface area contributed by atoms with Crippen molar-refractivity contribution in [3.63, 3.8) is 0 Å². The van der Waals surface area contributed by atoms with Crippen molar-refractivity contribution in [3.8, 4) is 0 Å². The fraction of sp³-hybridized carbons (Fsp3) is 0.533. The van der Waals surface area contributed by atoms with Crippen molar-refractivity contribution in [1.82, 2.24) is 0 Å². The Labute approximate surface area is 124 Å². The zero-order valence-corrected chi connectivity index (χ0v) is 13.3. The van der Waals surface area contributed by atoms with Gasteiger partial charge in [0.25, 0.3) is 0 Å². The molecule has 1 aliphatic heterocycles. The molecule has 0 saturated heterocycles. The lowest BCUT2D eigenvalue weighted by Crippen LogP contribution is -2.45. The van der Waals surface area contributed by atoms with Crippen LogP contribution in [0.5, 0.6) is 0 Å². The van der Waals surface area contributed by atoms with E-state index in [1.54, 1.807) is 6.07 Å². The van der Waals surface area contributed by atoms with E-state index in [-0.39, 0.29) is 11.7 Å². The molecule has 1 N–H and O–H groups in total. The topological polar surface area (TPSA) is 47.6 Å². The fourth-order valence-corrected chi connectivity index (χ4v) is 3.45. The summed E-state index contributed by atoms with van der Waals surface area (Å²) < 4.78 is 12.1. The van der Waals surface area contributed by atoms with Gasteiger partial charge in [0.2, 0.25) is 0 Å². The minimum absolute atomic E-state index is 0.00802. The number of ether oxygens (including phenoxy) is 2. The maximum atomic E-state index is 11.2. The van der Waals surface area contributed by atoms with Crippen molar-refractivity contribution in [2.24, 2.45) is 0 Å². The van der Waals surface area contributed by atoms with E-state index in [4.69, 9.17) is 9.47 Å².